The summed E-state index contributed by atoms with van der Waals surface area (Å²) < 4.78 is 38.4. The lowest BCUT2D eigenvalue weighted by Crippen LogP contribution is -2.44. The fourth-order valence-corrected chi connectivity index (χ4v) is 4.46. The number of nitrogens with zero attached hydrogens (tertiary/aromatic N) is 4. The maximum atomic E-state index is 13.0. The van der Waals surface area contributed by atoms with Crippen LogP contribution in [0.4, 0.5) is 5.82 Å². The van der Waals surface area contributed by atoms with Gasteiger partial charge < -0.3 is 14.4 Å². The minimum atomic E-state index is -3.61. The second-order valence-corrected chi connectivity index (χ2v) is 8.49. The molecule has 0 radical (unpaired) electrons. The van der Waals surface area contributed by atoms with Gasteiger partial charge in [0.05, 0.1) is 18.6 Å². The summed E-state index contributed by atoms with van der Waals surface area (Å²) in [5.41, 5.74) is 0. The monoisotopic (exact) mass is 392 g/mol. The topological polar surface area (TPSA) is 84.9 Å². The molecule has 0 aliphatic carbocycles. The van der Waals surface area contributed by atoms with Crippen molar-refractivity contribution in [3.63, 3.8) is 0 Å². The highest BCUT2D eigenvalue weighted by atomic mass is 32.2. The number of anilines is 1. The van der Waals surface area contributed by atoms with Crippen LogP contribution in [-0.4, -0.2) is 63.3 Å². The smallest absolute Gasteiger partial charge is 0.243 e. The van der Waals surface area contributed by atoms with Gasteiger partial charge >= 0.3 is 0 Å². The van der Waals surface area contributed by atoms with Crippen LogP contribution in [-0.2, 0) is 10.0 Å². The molecule has 9 heteroatoms. The summed E-state index contributed by atoms with van der Waals surface area (Å²) in [6.45, 7) is 0.737. The number of piperidine rings is 1. The van der Waals surface area contributed by atoms with E-state index in [1.54, 1.807) is 24.3 Å². The van der Waals surface area contributed by atoms with Crippen molar-refractivity contribution in [1.29, 1.82) is 0 Å². The van der Waals surface area contributed by atoms with Crippen LogP contribution < -0.4 is 14.4 Å². The largest absolute Gasteiger partial charge is 0.497 e. The zero-order chi connectivity index (χ0) is 19.4. The van der Waals surface area contributed by atoms with Crippen LogP contribution in [0.3, 0.4) is 0 Å². The molecule has 0 N–H and O–H groups in total. The van der Waals surface area contributed by atoms with E-state index < -0.39 is 10.0 Å². The number of hydrogen-bond donors (Lipinski definition) is 0. The highest BCUT2D eigenvalue weighted by Gasteiger charge is 2.31. The van der Waals surface area contributed by atoms with E-state index in [-0.39, 0.29) is 17.5 Å². The van der Waals surface area contributed by atoms with E-state index in [1.807, 2.05) is 25.1 Å². The predicted molar refractivity (Wildman–Crippen MR) is 102 cm³/mol. The summed E-state index contributed by atoms with van der Waals surface area (Å²) in [6.07, 6.45) is 1.22. The minimum Gasteiger partial charge on any atom is -0.497 e. The molecule has 1 aliphatic heterocycles. The molecule has 0 bridgehead atoms. The Morgan fingerprint density at radius 1 is 1.19 bits per heavy atom. The molecule has 3 rings (SSSR count). The molecule has 0 amide bonds. The van der Waals surface area contributed by atoms with Crippen molar-refractivity contribution in [3.8, 4) is 11.6 Å². The number of hydrogen-bond acceptors (Lipinski definition) is 7. The van der Waals surface area contributed by atoms with Gasteiger partial charge in [0.2, 0.25) is 15.9 Å². The Balaban J connectivity index is 1.71. The van der Waals surface area contributed by atoms with Crippen molar-refractivity contribution in [1.82, 2.24) is 14.5 Å². The molecule has 0 spiro atoms. The molecule has 2 aromatic rings. The fourth-order valence-electron chi connectivity index (χ4n) is 2.92. The van der Waals surface area contributed by atoms with Crippen LogP contribution in [0.2, 0.25) is 0 Å². The Hall–Kier alpha value is -2.39. The Bertz CT molecular complexity index is 871. The summed E-state index contributed by atoms with van der Waals surface area (Å²) in [5, 5.41) is 8.15. The van der Waals surface area contributed by atoms with Crippen LogP contribution in [0, 0.1) is 0 Å². The molecule has 1 aromatic heterocycles. The standard InChI is InChI=1S/C18H24N4O4S/c1-21(2)17-9-10-18(20-19-17)26-15-7-5-11-22(13-15)27(23,24)16-8-4-6-14(12-16)25-3/h4,6,8-10,12,15H,5,7,11,13H2,1-3H3. The Kier molecular flexibility index (Phi) is 5.81. The molecular weight excluding hydrogens is 368 g/mol. The van der Waals surface area contributed by atoms with Crippen molar-refractivity contribution in [3.05, 3.63) is 36.4 Å². The number of ether oxygens (including phenoxy) is 2. The van der Waals surface area contributed by atoms with Gasteiger partial charge in [-0.05, 0) is 31.0 Å². The Morgan fingerprint density at radius 2 is 2.00 bits per heavy atom. The third-order valence-electron chi connectivity index (χ3n) is 4.39. The molecule has 8 nitrogen and oxygen atoms in total. The van der Waals surface area contributed by atoms with Crippen LogP contribution in [0.1, 0.15) is 12.8 Å². The van der Waals surface area contributed by atoms with E-state index in [9.17, 15) is 8.42 Å². The molecule has 146 valence electrons. The first-order valence-electron chi connectivity index (χ1n) is 8.72. The zero-order valence-electron chi connectivity index (χ0n) is 15.7. The summed E-state index contributed by atoms with van der Waals surface area (Å²) >= 11 is 0. The summed E-state index contributed by atoms with van der Waals surface area (Å²) in [4.78, 5) is 2.07. The molecule has 1 saturated heterocycles. The summed E-state index contributed by atoms with van der Waals surface area (Å²) in [6, 6.07) is 10.1. The fraction of sp³-hybridized carbons (Fsp3) is 0.444. The van der Waals surface area contributed by atoms with Crippen molar-refractivity contribution in [2.75, 3.05) is 39.2 Å². The Labute approximate surface area is 159 Å². The summed E-state index contributed by atoms with van der Waals surface area (Å²) in [5.74, 6) is 1.64. The quantitative estimate of drug-likeness (QED) is 0.741. The molecule has 1 aliphatic rings. The second kappa shape index (κ2) is 8.10. The molecule has 2 heterocycles. The first-order valence-corrected chi connectivity index (χ1v) is 10.2. The van der Waals surface area contributed by atoms with Gasteiger partial charge in [0.1, 0.15) is 11.9 Å². The molecule has 1 fully saturated rings. The number of sulfonamides is 1. The molecule has 1 unspecified atom stereocenters. The number of aromatic nitrogens is 2. The summed E-state index contributed by atoms with van der Waals surface area (Å²) in [7, 11) is 1.67. The molecule has 0 saturated carbocycles. The average Bonchev–Trinajstić information content (AvgIpc) is 2.68. The van der Waals surface area contributed by atoms with Gasteiger partial charge in [-0.25, -0.2) is 8.42 Å². The van der Waals surface area contributed by atoms with Crippen LogP contribution in [0.15, 0.2) is 41.3 Å². The van der Waals surface area contributed by atoms with Gasteiger partial charge in [0, 0.05) is 32.8 Å². The van der Waals surface area contributed by atoms with E-state index in [0.29, 0.717) is 18.2 Å². The molecular formula is C18H24N4O4S. The first kappa shape index (κ1) is 19.4. The third kappa shape index (κ3) is 4.48. The van der Waals surface area contributed by atoms with E-state index in [0.717, 1.165) is 18.7 Å². The second-order valence-electron chi connectivity index (χ2n) is 6.55. The normalized spacial score (nSPS) is 18.1. The van der Waals surface area contributed by atoms with E-state index >= 15 is 0 Å². The molecule has 1 aromatic carbocycles. The SMILES string of the molecule is COc1cccc(S(=O)(=O)N2CCCC(Oc3ccc(N(C)C)nn3)C2)c1. The first-order chi connectivity index (χ1) is 12.9. The van der Waals surface area contributed by atoms with Gasteiger partial charge in [-0.15, -0.1) is 10.2 Å². The van der Waals surface area contributed by atoms with Crippen LogP contribution >= 0.6 is 0 Å². The number of methoxy groups -OCH3 is 1. The van der Waals surface area contributed by atoms with Crippen LogP contribution in [0.25, 0.3) is 0 Å². The van der Waals surface area contributed by atoms with Crippen LogP contribution in [0.5, 0.6) is 11.6 Å². The number of benzene rings is 1. The van der Waals surface area contributed by atoms with Crippen molar-refractivity contribution in [2.24, 2.45) is 0 Å². The van der Waals surface area contributed by atoms with E-state index in [4.69, 9.17) is 9.47 Å². The molecule has 27 heavy (non-hydrogen) atoms. The van der Waals surface area contributed by atoms with Gasteiger partial charge in [0.15, 0.2) is 5.82 Å². The highest BCUT2D eigenvalue weighted by Crippen LogP contribution is 2.25. The average molecular weight is 392 g/mol. The lowest BCUT2D eigenvalue weighted by atomic mass is 10.1. The number of rotatable bonds is 6. The predicted octanol–water partition coefficient (Wildman–Crippen LogP) is 1.78. The zero-order valence-corrected chi connectivity index (χ0v) is 16.5. The van der Waals surface area contributed by atoms with Gasteiger partial charge in [0.25, 0.3) is 0 Å². The van der Waals surface area contributed by atoms with Gasteiger partial charge in [-0.2, -0.15) is 4.31 Å². The minimum absolute atomic E-state index is 0.220. The highest BCUT2D eigenvalue weighted by molar-refractivity contribution is 7.89. The maximum absolute atomic E-state index is 13.0. The van der Waals surface area contributed by atoms with Crippen molar-refractivity contribution in [2.45, 2.75) is 23.8 Å². The lowest BCUT2D eigenvalue weighted by Gasteiger charge is -2.31. The van der Waals surface area contributed by atoms with Crippen molar-refractivity contribution >= 4 is 15.8 Å². The van der Waals surface area contributed by atoms with Gasteiger partial charge in [-0.3, -0.25) is 0 Å². The maximum Gasteiger partial charge on any atom is 0.243 e. The lowest BCUT2D eigenvalue weighted by molar-refractivity contribution is 0.123. The van der Waals surface area contributed by atoms with E-state index in [2.05, 4.69) is 10.2 Å². The third-order valence-corrected chi connectivity index (χ3v) is 6.25. The van der Waals surface area contributed by atoms with Crippen molar-refractivity contribution < 1.29 is 17.9 Å². The van der Waals surface area contributed by atoms with Gasteiger partial charge in [-0.1, -0.05) is 6.07 Å². The molecule has 1 atom stereocenters. The van der Waals surface area contributed by atoms with E-state index in [1.165, 1.54) is 17.5 Å². The Morgan fingerprint density at radius 3 is 2.67 bits per heavy atom.